The van der Waals surface area contributed by atoms with Crippen molar-refractivity contribution in [2.75, 3.05) is 11.9 Å². The van der Waals surface area contributed by atoms with Gasteiger partial charge in [0.15, 0.2) is 5.17 Å². The molecule has 0 unspecified atom stereocenters. The zero-order valence-electron chi connectivity index (χ0n) is 16.2. The maximum Gasteiger partial charge on any atom is 0.242 e. The van der Waals surface area contributed by atoms with E-state index in [-0.39, 0.29) is 24.3 Å². The fraction of sp³-hybridized carbons (Fsp3) is 0.318. The second-order valence-corrected chi connectivity index (χ2v) is 8.16. The van der Waals surface area contributed by atoms with Crippen LogP contribution in [0.1, 0.15) is 26.2 Å². The van der Waals surface area contributed by atoms with Crippen molar-refractivity contribution in [3.63, 3.8) is 0 Å². The van der Waals surface area contributed by atoms with Crippen LogP contribution in [0.3, 0.4) is 0 Å². The van der Waals surface area contributed by atoms with Gasteiger partial charge in [0, 0.05) is 18.2 Å². The van der Waals surface area contributed by atoms with Crippen LogP contribution in [-0.2, 0) is 9.59 Å². The molecule has 2 aromatic carbocycles. The lowest BCUT2D eigenvalue weighted by Crippen LogP contribution is -2.35. The highest BCUT2D eigenvalue weighted by Gasteiger charge is 2.46. The third kappa shape index (κ3) is 4.79. The summed E-state index contributed by atoms with van der Waals surface area (Å²) in [4.78, 5) is 31.9. The Balaban J connectivity index is 1.42. The molecule has 7 heteroatoms. The Kier molecular flexibility index (Phi) is 5.85. The van der Waals surface area contributed by atoms with Gasteiger partial charge in [0.05, 0.1) is 12.3 Å². The zero-order valence-corrected chi connectivity index (χ0v) is 17.0. The number of aliphatic imine (C=N–C) groups is 1. The van der Waals surface area contributed by atoms with Crippen LogP contribution in [0.15, 0.2) is 59.6 Å². The number of carbonyl (C=O) groups excluding carboxylic acids is 2. The predicted molar refractivity (Wildman–Crippen MR) is 116 cm³/mol. The van der Waals surface area contributed by atoms with E-state index in [1.54, 1.807) is 17.0 Å². The van der Waals surface area contributed by atoms with Gasteiger partial charge in [-0.2, -0.15) is 0 Å². The molecule has 4 rings (SSSR count). The molecule has 0 spiro atoms. The summed E-state index contributed by atoms with van der Waals surface area (Å²) in [6, 6.07) is 17.0. The molecular weight excluding hydrogens is 386 g/mol. The highest BCUT2D eigenvalue weighted by atomic mass is 32.2. The molecule has 1 N–H and O–H groups in total. The Morgan fingerprint density at radius 1 is 1.17 bits per heavy atom. The summed E-state index contributed by atoms with van der Waals surface area (Å²) >= 11 is 1.38. The summed E-state index contributed by atoms with van der Waals surface area (Å²) in [5, 5.41) is 3.12. The van der Waals surface area contributed by atoms with Crippen LogP contribution in [0.2, 0.25) is 0 Å². The molecule has 29 heavy (non-hydrogen) atoms. The summed E-state index contributed by atoms with van der Waals surface area (Å²) in [7, 11) is 0. The number of ether oxygens (including phenoxy) is 1. The molecule has 0 radical (unpaired) electrons. The fourth-order valence-corrected chi connectivity index (χ4v) is 4.37. The van der Waals surface area contributed by atoms with Crippen LogP contribution in [0.4, 0.5) is 11.4 Å². The van der Waals surface area contributed by atoms with Crippen molar-refractivity contribution in [1.29, 1.82) is 0 Å². The third-order valence-corrected chi connectivity index (χ3v) is 5.83. The molecule has 2 aromatic rings. The number of para-hydroxylation sites is 1. The summed E-state index contributed by atoms with van der Waals surface area (Å²) in [5.74, 6) is 0.555. The molecule has 0 aromatic heterocycles. The number of benzene rings is 2. The summed E-state index contributed by atoms with van der Waals surface area (Å²) < 4.78 is 5.41. The van der Waals surface area contributed by atoms with Gasteiger partial charge in [0.25, 0.3) is 0 Å². The number of amides is 2. The Morgan fingerprint density at radius 3 is 2.55 bits per heavy atom. The first-order valence-electron chi connectivity index (χ1n) is 9.80. The van der Waals surface area contributed by atoms with Crippen LogP contribution in [-0.4, -0.2) is 39.8 Å². The Morgan fingerprint density at radius 2 is 1.90 bits per heavy atom. The smallest absolute Gasteiger partial charge is 0.242 e. The highest BCUT2D eigenvalue weighted by Crippen LogP contribution is 2.39. The van der Waals surface area contributed by atoms with Crippen LogP contribution in [0, 0.1) is 0 Å². The van der Waals surface area contributed by atoms with Gasteiger partial charge in [-0.3, -0.25) is 14.5 Å². The van der Waals surface area contributed by atoms with Crippen molar-refractivity contribution in [3.8, 4) is 5.75 Å². The van der Waals surface area contributed by atoms with E-state index >= 15 is 0 Å². The average molecular weight is 410 g/mol. The summed E-state index contributed by atoms with van der Waals surface area (Å²) in [6.07, 6.45) is 2.10. The van der Waals surface area contributed by atoms with E-state index in [0.29, 0.717) is 17.5 Å². The van der Waals surface area contributed by atoms with E-state index in [0.717, 1.165) is 24.3 Å². The van der Waals surface area contributed by atoms with E-state index in [1.807, 2.05) is 49.4 Å². The van der Waals surface area contributed by atoms with Gasteiger partial charge in [-0.25, -0.2) is 4.99 Å². The monoisotopic (exact) mass is 409 g/mol. The molecule has 2 aliphatic rings. The average Bonchev–Trinajstić information content (AvgIpc) is 3.50. The van der Waals surface area contributed by atoms with E-state index in [4.69, 9.17) is 4.74 Å². The van der Waals surface area contributed by atoms with Crippen LogP contribution < -0.4 is 10.1 Å². The number of thioether (sulfide) groups is 1. The van der Waals surface area contributed by atoms with Crippen molar-refractivity contribution in [3.05, 3.63) is 54.6 Å². The van der Waals surface area contributed by atoms with Crippen LogP contribution >= 0.6 is 11.8 Å². The van der Waals surface area contributed by atoms with Gasteiger partial charge in [-0.15, -0.1) is 0 Å². The number of hydrogen-bond donors (Lipinski definition) is 1. The van der Waals surface area contributed by atoms with Crippen molar-refractivity contribution in [2.24, 2.45) is 4.99 Å². The van der Waals surface area contributed by atoms with Gasteiger partial charge in [0.2, 0.25) is 11.8 Å². The minimum atomic E-state index is -0.444. The quantitative estimate of drug-likeness (QED) is 0.744. The van der Waals surface area contributed by atoms with Gasteiger partial charge in [-0.1, -0.05) is 30.0 Å². The van der Waals surface area contributed by atoms with Gasteiger partial charge < -0.3 is 10.1 Å². The largest absolute Gasteiger partial charge is 0.494 e. The first kappa shape index (κ1) is 19.5. The standard InChI is InChI=1S/C22H23N3O3S/c1-2-28-18-12-8-16(9-13-18)23-20(26)14-19-21(27)25(17-10-11-17)22(29-19)24-15-6-4-3-5-7-15/h3-9,12-13,17,19H,2,10-11,14H2,1H3,(H,23,26)/t19-/m1/s1. The Labute approximate surface area is 174 Å². The Hall–Kier alpha value is -2.80. The molecule has 150 valence electrons. The van der Waals surface area contributed by atoms with Crippen molar-refractivity contribution >= 4 is 40.1 Å². The number of anilines is 1. The zero-order chi connectivity index (χ0) is 20.2. The molecule has 1 aliphatic carbocycles. The molecule has 2 fully saturated rings. The first-order valence-corrected chi connectivity index (χ1v) is 10.7. The number of rotatable bonds is 7. The van der Waals surface area contributed by atoms with Crippen LogP contribution in [0.25, 0.3) is 0 Å². The molecule has 1 atom stereocenters. The molecule has 2 amide bonds. The molecule has 6 nitrogen and oxygen atoms in total. The summed E-state index contributed by atoms with van der Waals surface area (Å²) in [5.41, 5.74) is 1.50. The minimum absolute atomic E-state index is 0.0194. The molecule has 1 aliphatic heterocycles. The third-order valence-electron chi connectivity index (χ3n) is 4.68. The highest BCUT2D eigenvalue weighted by molar-refractivity contribution is 8.15. The summed E-state index contributed by atoms with van der Waals surface area (Å²) in [6.45, 7) is 2.52. The van der Waals surface area contributed by atoms with Crippen LogP contribution in [0.5, 0.6) is 5.75 Å². The normalized spacial score (nSPS) is 20.2. The maximum atomic E-state index is 12.9. The maximum absolute atomic E-state index is 12.9. The molecule has 0 bridgehead atoms. The lowest BCUT2D eigenvalue weighted by atomic mass is 10.2. The molecule has 1 heterocycles. The topological polar surface area (TPSA) is 71.0 Å². The number of hydrogen-bond acceptors (Lipinski definition) is 5. The van der Waals surface area contributed by atoms with Crippen molar-refractivity contribution in [2.45, 2.75) is 37.5 Å². The number of amidine groups is 1. The fourth-order valence-electron chi connectivity index (χ4n) is 3.16. The number of nitrogens with zero attached hydrogens (tertiary/aromatic N) is 2. The van der Waals surface area contributed by atoms with Crippen molar-refractivity contribution in [1.82, 2.24) is 4.90 Å². The van der Waals surface area contributed by atoms with Gasteiger partial charge >= 0.3 is 0 Å². The van der Waals surface area contributed by atoms with Crippen molar-refractivity contribution < 1.29 is 14.3 Å². The number of nitrogens with one attached hydrogen (secondary N) is 1. The Bertz CT molecular complexity index is 911. The lowest BCUT2D eigenvalue weighted by Gasteiger charge is -2.15. The van der Waals surface area contributed by atoms with E-state index in [1.165, 1.54) is 11.8 Å². The van der Waals surface area contributed by atoms with E-state index in [2.05, 4.69) is 10.3 Å². The second-order valence-electron chi connectivity index (χ2n) is 6.99. The molecule has 1 saturated heterocycles. The number of carbonyl (C=O) groups is 2. The predicted octanol–water partition coefficient (Wildman–Crippen LogP) is 4.21. The SMILES string of the molecule is CCOc1ccc(NC(=O)C[C@H]2SC(=Nc3ccccc3)N(C3CC3)C2=O)cc1. The van der Waals surface area contributed by atoms with Gasteiger partial charge in [0.1, 0.15) is 11.0 Å². The first-order chi connectivity index (χ1) is 14.1. The van der Waals surface area contributed by atoms with E-state index in [9.17, 15) is 9.59 Å². The second kappa shape index (κ2) is 8.69. The lowest BCUT2D eigenvalue weighted by molar-refractivity contribution is -0.128. The van der Waals surface area contributed by atoms with E-state index < -0.39 is 5.25 Å². The van der Waals surface area contributed by atoms with Gasteiger partial charge in [-0.05, 0) is 56.2 Å². The minimum Gasteiger partial charge on any atom is -0.494 e. The molecule has 1 saturated carbocycles. The molecular formula is C22H23N3O3S.